The van der Waals surface area contributed by atoms with Crippen LogP contribution in [0.25, 0.3) is 0 Å². The third kappa shape index (κ3) is 3.51. The molecular weight excluding hydrogens is 258 g/mol. The number of amides is 1. The fraction of sp³-hybridized carbons (Fsp3) is 0.133. The summed E-state index contributed by atoms with van der Waals surface area (Å²) in [5, 5.41) is 9.22. The molecule has 3 nitrogen and oxygen atoms in total. The van der Waals surface area contributed by atoms with E-state index in [1.165, 1.54) is 5.56 Å². The fourth-order valence-electron chi connectivity index (χ4n) is 1.71. The number of phenols is 1. The number of phenolic OH excluding ortho intramolecular Hbond substituents is 1. The highest BCUT2D eigenvalue weighted by Crippen LogP contribution is 2.26. The van der Waals surface area contributed by atoms with Crippen molar-refractivity contribution in [1.82, 2.24) is 0 Å². The normalized spacial score (nSPS) is 10.4. The SMILES string of the molecule is Cc1cc(C(N)=O)ccc1CSc1ccc(O)cc1. The molecule has 0 aliphatic carbocycles. The molecule has 0 fully saturated rings. The van der Waals surface area contributed by atoms with Crippen LogP contribution in [0, 0.1) is 6.92 Å². The van der Waals surface area contributed by atoms with Gasteiger partial charge in [0.05, 0.1) is 0 Å². The second kappa shape index (κ2) is 5.80. The number of hydrogen-bond acceptors (Lipinski definition) is 3. The molecule has 0 saturated heterocycles. The summed E-state index contributed by atoms with van der Waals surface area (Å²) in [6, 6.07) is 12.6. The van der Waals surface area contributed by atoms with Crippen LogP contribution in [0.1, 0.15) is 21.5 Å². The minimum Gasteiger partial charge on any atom is -0.508 e. The Morgan fingerprint density at radius 1 is 1.21 bits per heavy atom. The average molecular weight is 273 g/mol. The lowest BCUT2D eigenvalue weighted by Gasteiger charge is -2.07. The Morgan fingerprint density at radius 2 is 1.89 bits per heavy atom. The molecule has 2 aromatic rings. The summed E-state index contributed by atoms with van der Waals surface area (Å²) in [6.45, 7) is 1.97. The number of carbonyl (C=O) groups is 1. The van der Waals surface area contributed by atoms with Gasteiger partial charge in [-0.2, -0.15) is 0 Å². The van der Waals surface area contributed by atoms with Gasteiger partial charge in [-0.25, -0.2) is 0 Å². The van der Waals surface area contributed by atoms with Gasteiger partial charge in [0.2, 0.25) is 5.91 Å². The maximum atomic E-state index is 11.1. The standard InChI is InChI=1S/C15H15NO2S/c1-10-8-11(15(16)18)2-3-12(10)9-19-14-6-4-13(17)5-7-14/h2-8,17H,9H2,1H3,(H2,16,18). The second-order valence-corrected chi connectivity index (χ2v) is 5.34. The number of thioether (sulfide) groups is 1. The van der Waals surface area contributed by atoms with Crippen LogP contribution < -0.4 is 5.73 Å². The topological polar surface area (TPSA) is 63.3 Å². The molecule has 2 rings (SSSR count). The fourth-order valence-corrected chi connectivity index (χ4v) is 2.69. The molecule has 0 aliphatic heterocycles. The number of rotatable bonds is 4. The van der Waals surface area contributed by atoms with E-state index in [9.17, 15) is 9.90 Å². The minimum atomic E-state index is -0.402. The number of carbonyl (C=O) groups excluding carboxylic acids is 1. The highest BCUT2D eigenvalue weighted by molar-refractivity contribution is 7.98. The van der Waals surface area contributed by atoms with Crippen molar-refractivity contribution < 1.29 is 9.90 Å². The number of hydrogen-bond donors (Lipinski definition) is 2. The molecule has 2 aromatic carbocycles. The van der Waals surface area contributed by atoms with E-state index in [0.717, 1.165) is 16.2 Å². The van der Waals surface area contributed by atoms with Gasteiger partial charge in [-0.15, -0.1) is 11.8 Å². The highest BCUT2D eigenvalue weighted by atomic mass is 32.2. The summed E-state index contributed by atoms with van der Waals surface area (Å²) in [6.07, 6.45) is 0. The van der Waals surface area contributed by atoms with Crippen molar-refractivity contribution in [3.8, 4) is 5.75 Å². The third-order valence-corrected chi connectivity index (χ3v) is 3.92. The lowest BCUT2D eigenvalue weighted by molar-refractivity contribution is 0.1000. The molecule has 0 aromatic heterocycles. The maximum Gasteiger partial charge on any atom is 0.248 e. The van der Waals surface area contributed by atoms with Crippen molar-refractivity contribution in [2.24, 2.45) is 5.73 Å². The van der Waals surface area contributed by atoms with Crippen molar-refractivity contribution in [3.05, 3.63) is 59.2 Å². The Labute approximate surface area is 116 Å². The van der Waals surface area contributed by atoms with E-state index < -0.39 is 5.91 Å². The lowest BCUT2D eigenvalue weighted by atomic mass is 10.1. The second-order valence-electron chi connectivity index (χ2n) is 4.29. The Hall–Kier alpha value is -1.94. The minimum absolute atomic E-state index is 0.270. The third-order valence-electron chi connectivity index (χ3n) is 2.86. The van der Waals surface area contributed by atoms with Crippen molar-refractivity contribution >= 4 is 17.7 Å². The summed E-state index contributed by atoms with van der Waals surface area (Å²) in [5.74, 6) is 0.683. The molecule has 0 saturated carbocycles. The quantitative estimate of drug-likeness (QED) is 0.841. The molecule has 0 aliphatic rings. The molecule has 3 N–H and O–H groups in total. The predicted octanol–water partition coefficient (Wildman–Crippen LogP) is 3.09. The van der Waals surface area contributed by atoms with Crippen LogP contribution >= 0.6 is 11.8 Å². The molecule has 98 valence electrons. The molecule has 1 amide bonds. The summed E-state index contributed by atoms with van der Waals surface area (Å²) >= 11 is 1.68. The number of nitrogens with two attached hydrogens (primary N) is 1. The first-order valence-corrected chi connectivity index (χ1v) is 6.86. The van der Waals surface area contributed by atoms with Crippen molar-refractivity contribution in [2.45, 2.75) is 17.6 Å². The van der Waals surface area contributed by atoms with Crippen LogP contribution in [0.5, 0.6) is 5.75 Å². The van der Waals surface area contributed by atoms with Gasteiger partial charge in [0.1, 0.15) is 5.75 Å². The molecule has 0 spiro atoms. The van der Waals surface area contributed by atoms with E-state index in [-0.39, 0.29) is 5.75 Å². The Kier molecular flexibility index (Phi) is 4.12. The molecule has 19 heavy (non-hydrogen) atoms. The van der Waals surface area contributed by atoms with Crippen LogP contribution in [0.2, 0.25) is 0 Å². The van der Waals surface area contributed by atoms with E-state index in [2.05, 4.69) is 0 Å². The van der Waals surface area contributed by atoms with Gasteiger partial charge in [0.25, 0.3) is 0 Å². The van der Waals surface area contributed by atoms with Gasteiger partial charge in [0, 0.05) is 16.2 Å². The first-order chi connectivity index (χ1) is 9.06. The molecule has 0 unspecified atom stereocenters. The van der Waals surface area contributed by atoms with Gasteiger partial charge in [-0.05, 0) is 54.4 Å². The lowest BCUT2D eigenvalue weighted by Crippen LogP contribution is -2.11. The smallest absolute Gasteiger partial charge is 0.248 e. The molecule has 0 heterocycles. The first-order valence-electron chi connectivity index (χ1n) is 5.87. The Balaban J connectivity index is 2.07. The Morgan fingerprint density at radius 3 is 2.47 bits per heavy atom. The van der Waals surface area contributed by atoms with Crippen molar-refractivity contribution in [2.75, 3.05) is 0 Å². The molecule has 0 bridgehead atoms. The van der Waals surface area contributed by atoms with Gasteiger partial charge in [0.15, 0.2) is 0 Å². The van der Waals surface area contributed by atoms with E-state index >= 15 is 0 Å². The van der Waals surface area contributed by atoms with Gasteiger partial charge < -0.3 is 10.8 Å². The number of primary amides is 1. The van der Waals surface area contributed by atoms with E-state index in [1.54, 1.807) is 30.0 Å². The molecule has 4 heteroatoms. The van der Waals surface area contributed by atoms with Crippen molar-refractivity contribution in [1.29, 1.82) is 0 Å². The van der Waals surface area contributed by atoms with Crippen LogP contribution in [-0.2, 0) is 5.75 Å². The zero-order chi connectivity index (χ0) is 13.8. The van der Waals surface area contributed by atoms with Gasteiger partial charge in [-0.1, -0.05) is 6.07 Å². The van der Waals surface area contributed by atoms with Gasteiger partial charge >= 0.3 is 0 Å². The number of benzene rings is 2. The Bertz CT molecular complexity index is 594. The zero-order valence-electron chi connectivity index (χ0n) is 10.6. The van der Waals surface area contributed by atoms with E-state index in [0.29, 0.717) is 5.56 Å². The number of aromatic hydroxyl groups is 1. The van der Waals surface area contributed by atoms with E-state index in [1.807, 2.05) is 31.2 Å². The largest absolute Gasteiger partial charge is 0.508 e. The van der Waals surface area contributed by atoms with Crippen LogP contribution in [0.15, 0.2) is 47.4 Å². The summed E-state index contributed by atoms with van der Waals surface area (Å²) in [7, 11) is 0. The van der Waals surface area contributed by atoms with Crippen LogP contribution in [0.4, 0.5) is 0 Å². The predicted molar refractivity (Wildman–Crippen MR) is 77.4 cm³/mol. The molecule has 0 atom stereocenters. The summed E-state index contributed by atoms with van der Waals surface area (Å²) < 4.78 is 0. The first kappa shape index (κ1) is 13.5. The highest BCUT2D eigenvalue weighted by Gasteiger charge is 2.05. The monoisotopic (exact) mass is 273 g/mol. The number of aryl methyl sites for hydroxylation is 1. The van der Waals surface area contributed by atoms with Crippen molar-refractivity contribution in [3.63, 3.8) is 0 Å². The van der Waals surface area contributed by atoms with Crippen LogP contribution in [0.3, 0.4) is 0 Å². The van der Waals surface area contributed by atoms with Crippen LogP contribution in [-0.4, -0.2) is 11.0 Å². The molecular formula is C15H15NO2S. The van der Waals surface area contributed by atoms with E-state index in [4.69, 9.17) is 5.73 Å². The maximum absolute atomic E-state index is 11.1. The summed E-state index contributed by atoms with van der Waals surface area (Å²) in [4.78, 5) is 12.2. The van der Waals surface area contributed by atoms with Gasteiger partial charge in [-0.3, -0.25) is 4.79 Å². The molecule has 0 radical (unpaired) electrons. The average Bonchev–Trinajstić information content (AvgIpc) is 2.39. The summed E-state index contributed by atoms with van der Waals surface area (Å²) in [5.41, 5.74) is 8.01. The zero-order valence-corrected chi connectivity index (χ0v) is 11.4.